The minimum atomic E-state index is -1.03. The maximum absolute atomic E-state index is 13.2. The first kappa shape index (κ1) is 17.7. The molecule has 0 spiro atoms. The molecule has 26 heavy (non-hydrogen) atoms. The van der Waals surface area contributed by atoms with Gasteiger partial charge in [-0.3, -0.25) is 14.5 Å². The van der Waals surface area contributed by atoms with Crippen molar-refractivity contribution in [3.63, 3.8) is 0 Å². The monoisotopic (exact) mass is 358 g/mol. The van der Waals surface area contributed by atoms with Gasteiger partial charge in [-0.1, -0.05) is 12.1 Å². The van der Waals surface area contributed by atoms with E-state index < -0.39 is 17.5 Å². The second-order valence-electron chi connectivity index (χ2n) is 5.88. The number of H-pyrrole nitrogens is 1. The Morgan fingerprint density at radius 1 is 1.19 bits per heavy atom. The number of para-hydroxylation sites is 1. The minimum absolute atomic E-state index is 0.0183. The molecule has 6 nitrogen and oxygen atoms in total. The number of anilines is 1. The van der Waals surface area contributed by atoms with Crippen molar-refractivity contribution in [2.24, 2.45) is 0 Å². The molecular formula is C18H16F2N4O2. The van der Waals surface area contributed by atoms with Gasteiger partial charge in [-0.25, -0.2) is 13.8 Å². The fourth-order valence-corrected chi connectivity index (χ4v) is 2.54. The zero-order valence-corrected chi connectivity index (χ0v) is 13.9. The predicted molar refractivity (Wildman–Crippen MR) is 93.7 cm³/mol. The standard InChI is InChI=1S/C18H16F2N4O2/c1-24(10-17(25)21-11-6-7-13(19)14(20)8-11)9-16-22-15-5-3-2-4-12(15)18(26)23-16/h2-8H,9-10H2,1H3,(H,21,25)(H,22,23,26). The van der Waals surface area contributed by atoms with Crippen molar-refractivity contribution in [3.05, 3.63) is 70.3 Å². The molecule has 0 aliphatic rings. The Morgan fingerprint density at radius 2 is 1.96 bits per heavy atom. The van der Waals surface area contributed by atoms with Crippen molar-refractivity contribution in [2.75, 3.05) is 18.9 Å². The molecule has 3 rings (SSSR count). The fraction of sp³-hybridized carbons (Fsp3) is 0.167. The molecule has 2 aromatic carbocycles. The first-order valence-electron chi connectivity index (χ1n) is 7.84. The van der Waals surface area contributed by atoms with Gasteiger partial charge in [0.25, 0.3) is 5.56 Å². The van der Waals surface area contributed by atoms with Crippen molar-refractivity contribution in [2.45, 2.75) is 6.54 Å². The Kier molecular flexibility index (Phi) is 5.04. The van der Waals surface area contributed by atoms with Crippen LogP contribution in [0.15, 0.2) is 47.3 Å². The summed E-state index contributed by atoms with van der Waals surface area (Å²) in [5.41, 5.74) is 0.496. The Hall–Kier alpha value is -3.13. The largest absolute Gasteiger partial charge is 0.325 e. The van der Waals surface area contributed by atoms with E-state index in [0.29, 0.717) is 16.7 Å². The predicted octanol–water partition coefficient (Wildman–Crippen LogP) is 2.27. The summed E-state index contributed by atoms with van der Waals surface area (Å²) in [6.07, 6.45) is 0. The number of carbonyl (C=O) groups excluding carboxylic acids is 1. The van der Waals surface area contributed by atoms with Gasteiger partial charge in [-0.2, -0.15) is 0 Å². The zero-order chi connectivity index (χ0) is 18.7. The van der Waals surface area contributed by atoms with Gasteiger partial charge in [-0.15, -0.1) is 0 Å². The number of fused-ring (bicyclic) bond motifs is 1. The first-order chi connectivity index (χ1) is 12.4. The molecule has 1 heterocycles. The molecule has 1 amide bonds. The highest BCUT2D eigenvalue weighted by Gasteiger charge is 2.11. The molecule has 0 fully saturated rings. The van der Waals surface area contributed by atoms with E-state index in [-0.39, 0.29) is 24.3 Å². The summed E-state index contributed by atoms with van der Waals surface area (Å²) in [6, 6.07) is 10.1. The number of nitrogens with one attached hydrogen (secondary N) is 2. The molecule has 2 N–H and O–H groups in total. The van der Waals surface area contributed by atoms with Crippen molar-refractivity contribution in [1.29, 1.82) is 0 Å². The quantitative estimate of drug-likeness (QED) is 0.733. The number of aromatic nitrogens is 2. The third kappa shape index (κ3) is 4.09. The second-order valence-corrected chi connectivity index (χ2v) is 5.88. The third-order valence-electron chi connectivity index (χ3n) is 3.70. The topological polar surface area (TPSA) is 78.1 Å². The van der Waals surface area contributed by atoms with E-state index in [2.05, 4.69) is 15.3 Å². The van der Waals surface area contributed by atoms with Crippen molar-refractivity contribution in [1.82, 2.24) is 14.9 Å². The van der Waals surface area contributed by atoms with Gasteiger partial charge in [-0.05, 0) is 31.3 Å². The van der Waals surface area contributed by atoms with Crippen LogP contribution in [0.3, 0.4) is 0 Å². The first-order valence-corrected chi connectivity index (χ1v) is 7.84. The van der Waals surface area contributed by atoms with Crippen LogP contribution in [0.4, 0.5) is 14.5 Å². The van der Waals surface area contributed by atoms with Crippen LogP contribution in [-0.2, 0) is 11.3 Å². The van der Waals surface area contributed by atoms with Gasteiger partial charge in [0.2, 0.25) is 5.91 Å². The van der Waals surface area contributed by atoms with Crippen LogP contribution >= 0.6 is 0 Å². The summed E-state index contributed by atoms with van der Waals surface area (Å²) < 4.78 is 26.1. The van der Waals surface area contributed by atoms with E-state index >= 15 is 0 Å². The lowest BCUT2D eigenvalue weighted by molar-refractivity contribution is -0.117. The van der Waals surface area contributed by atoms with E-state index in [1.54, 1.807) is 36.2 Å². The molecule has 0 atom stereocenters. The number of rotatable bonds is 5. The summed E-state index contributed by atoms with van der Waals surface area (Å²) in [6.45, 7) is 0.223. The van der Waals surface area contributed by atoms with Crippen LogP contribution in [0.2, 0.25) is 0 Å². The SMILES string of the molecule is CN(CC(=O)Nc1ccc(F)c(F)c1)Cc1nc2ccccc2c(=O)[nH]1. The highest BCUT2D eigenvalue weighted by molar-refractivity contribution is 5.92. The summed E-state index contributed by atoms with van der Waals surface area (Å²) in [4.78, 5) is 32.8. The number of hydrogen-bond acceptors (Lipinski definition) is 4. The number of aromatic amines is 1. The zero-order valence-electron chi connectivity index (χ0n) is 13.9. The minimum Gasteiger partial charge on any atom is -0.325 e. The molecule has 0 unspecified atom stereocenters. The number of benzene rings is 2. The number of halogens is 2. The van der Waals surface area contributed by atoms with Crippen LogP contribution in [0.1, 0.15) is 5.82 Å². The molecule has 0 aliphatic heterocycles. The van der Waals surface area contributed by atoms with Crippen LogP contribution in [0.5, 0.6) is 0 Å². The lowest BCUT2D eigenvalue weighted by Crippen LogP contribution is -2.31. The number of carbonyl (C=O) groups is 1. The Balaban J connectivity index is 1.64. The molecule has 0 aliphatic carbocycles. The molecule has 0 saturated carbocycles. The fourth-order valence-electron chi connectivity index (χ4n) is 2.54. The molecule has 3 aromatic rings. The van der Waals surface area contributed by atoms with E-state index in [9.17, 15) is 18.4 Å². The van der Waals surface area contributed by atoms with Crippen molar-refractivity contribution in [3.8, 4) is 0 Å². The lowest BCUT2D eigenvalue weighted by Gasteiger charge is -2.16. The van der Waals surface area contributed by atoms with Crippen LogP contribution in [0, 0.1) is 11.6 Å². The molecule has 134 valence electrons. The van der Waals surface area contributed by atoms with Crippen LogP contribution in [-0.4, -0.2) is 34.4 Å². The van der Waals surface area contributed by atoms with Gasteiger partial charge < -0.3 is 10.3 Å². The molecule has 0 bridgehead atoms. The van der Waals surface area contributed by atoms with Gasteiger partial charge in [0.05, 0.1) is 24.0 Å². The van der Waals surface area contributed by atoms with E-state index in [1.807, 2.05) is 0 Å². The number of nitrogens with zero attached hydrogens (tertiary/aromatic N) is 2. The molecule has 0 radical (unpaired) electrons. The van der Waals surface area contributed by atoms with E-state index in [4.69, 9.17) is 0 Å². The van der Waals surface area contributed by atoms with Crippen molar-refractivity contribution >= 4 is 22.5 Å². The van der Waals surface area contributed by atoms with Crippen LogP contribution in [0.25, 0.3) is 10.9 Å². The van der Waals surface area contributed by atoms with Gasteiger partial charge in [0.1, 0.15) is 5.82 Å². The van der Waals surface area contributed by atoms with Crippen molar-refractivity contribution < 1.29 is 13.6 Å². The maximum Gasteiger partial charge on any atom is 0.258 e. The Labute approximate surface area is 147 Å². The molecule has 0 saturated heterocycles. The normalized spacial score (nSPS) is 11.1. The van der Waals surface area contributed by atoms with Gasteiger partial charge in [0, 0.05) is 11.8 Å². The third-order valence-corrected chi connectivity index (χ3v) is 3.70. The number of hydrogen-bond donors (Lipinski definition) is 2. The van der Waals surface area contributed by atoms with E-state index in [0.717, 1.165) is 12.1 Å². The number of amides is 1. The molecule has 8 heteroatoms. The molecule has 1 aromatic heterocycles. The number of likely N-dealkylation sites (N-methyl/N-ethyl adjacent to an activating group) is 1. The lowest BCUT2D eigenvalue weighted by atomic mass is 10.2. The Bertz CT molecular complexity index is 1020. The highest BCUT2D eigenvalue weighted by Crippen LogP contribution is 2.13. The Morgan fingerprint density at radius 3 is 2.73 bits per heavy atom. The molecular weight excluding hydrogens is 342 g/mol. The highest BCUT2D eigenvalue weighted by atomic mass is 19.2. The van der Waals surface area contributed by atoms with E-state index in [1.165, 1.54) is 6.07 Å². The summed E-state index contributed by atoms with van der Waals surface area (Å²) in [7, 11) is 1.68. The van der Waals surface area contributed by atoms with Gasteiger partial charge >= 0.3 is 0 Å². The van der Waals surface area contributed by atoms with Gasteiger partial charge in [0.15, 0.2) is 11.6 Å². The average molecular weight is 358 g/mol. The smallest absolute Gasteiger partial charge is 0.258 e. The summed E-state index contributed by atoms with van der Waals surface area (Å²) in [5.74, 6) is -1.99. The maximum atomic E-state index is 13.2. The average Bonchev–Trinajstić information content (AvgIpc) is 2.58. The van der Waals surface area contributed by atoms with Crippen LogP contribution < -0.4 is 10.9 Å². The second kappa shape index (κ2) is 7.40. The summed E-state index contributed by atoms with van der Waals surface area (Å²) >= 11 is 0. The summed E-state index contributed by atoms with van der Waals surface area (Å²) in [5, 5.41) is 2.98.